The van der Waals surface area contributed by atoms with Crippen LogP contribution >= 0.6 is 23.2 Å². The van der Waals surface area contributed by atoms with Gasteiger partial charge in [0.05, 0.1) is 5.38 Å². The second-order valence-electron chi connectivity index (χ2n) is 4.17. The fraction of sp³-hybridized carbons (Fsp3) is 0.286. The summed E-state index contributed by atoms with van der Waals surface area (Å²) in [6, 6.07) is 9.77. The van der Waals surface area contributed by atoms with Gasteiger partial charge in [0.15, 0.2) is 0 Å². The largest absolute Gasteiger partial charge is 0.466 e. The lowest BCUT2D eigenvalue weighted by atomic mass is 10.0. The molecule has 17 heavy (non-hydrogen) atoms. The molecule has 0 aliphatic rings. The zero-order valence-corrected chi connectivity index (χ0v) is 11.3. The number of aryl methyl sites for hydroxylation is 2. The molecule has 0 radical (unpaired) electrons. The molecule has 0 saturated heterocycles. The van der Waals surface area contributed by atoms with E-state index in [1.807, 2.05) is 44.2 Å². The van der Waals surface area contributed by atoms with E-state index in [1.165, 1.54) is 0 Å². The first-order valence-corrected chi connectivity index (χ1v) is 6.33. The summed E-state index contributed by atoms with van der Waals surface area (Å²) in [5, 5.41) is 0.664. The van der Waals surface area contributed by atoms with E-state index in [1.54, 1.807) is 0 Å². The van der Waals surface area contributed by atoms with Gasteiger partial charge in [0, 0.05) is 10.6 Å². The van der Waals surface area contributed by atoms with E-state index < -0.39 is 0 Å². The van der Waals surface area contributed by atoms with E-state index in [2.05, 4.69) is 0 Å². The quantitative estimate of drug-likeness (QED) is 0.709. The summed E-state index contributed by atoms with van der Waals surface area (Å²) in [5.74, 6) is 1.79. The van der Waals surface area contributed by atoms with Crippen molar-refractivity contribution in [1.82, 2.24) is 0 Å². The van der Waals surface area contributed by atoms with Crippen molar-refractivity contribution in [2.24, 2.45) is 0 Å². The molecule has 0 spiro atoms. The molecular weight excluding hydrogens is 255 g/mol. The molecule has 1 atom stereocenters. The maximum Gasteiger partial charge on any atom is 0.105 e. The molecule has 3 heteroatoms. The van der Waals surface area contributed by atoms with E-state index in [4.69, 9.17) is 27.6 Å². The van der Waals surface area contributed by atoms with Gasteiger partial charge in [-0.1, -0.05) is 23.7 Å². The number of rotatable bonds is 3. The van der Waals surface area contributed by atoms with Crippen molar-refractivity contribution in [3.63, 3.8) is 0 Å². The Labute approximate surface area is 111 Å². The van der Waals surface area contributed by atoms with Gasteiger partial charge >= 0.3 is 0 Å². The molecule has 1 nitrogen and oxygen atoms in total. The normalized spacial score (nSPS) is 12.7. The van der Waals surface area contributed by atoms with Crippen LogP contribution in [0.15, 0.2) is 34.7 Å². The highest BCUT2D eigenvalue weighted by atomic mass is 35.5. The van der Waals surface area contributed by atoms with E-state index in [0.29, 0.717) is 0 Å². The molecule has 1 unspecified atom stereocenters. The second kappa shape index (κ2) is 5.16. The first-order valence-electron chi connectivity index (χ1n) is 5.51. The van der Waals surface area contributed by atoms with E-state index in [-0.39, 0.29) is 5.38 Å². The highest BCUT2D eigenvalue weighted by Crippen LogP contribution is 2.30. The van der Waals surface area contributed by atoms with Crippen molar-refractivity contribution in [2.45, 2.75) is 25.6 Å². The van der Waals surface area contributed by atoms with Crippen LogP contribution in [0.1, 0.15) is 28.0 Å². The van der Waals surface area contributed by atoms with Gasteiger partial charge in [0.25, 0.3) is 0 Å². The Kier molecular flexibility index (Phi) is 3.80. The average molecular weight is 269 g/mol. The lowest BCUT2D eigenvalue weighted by Crippen LogP contribution is -1.96. The van der Waals surface area contributed by atoms with Crippen LogP contribution in [-0.4, -0.2) is 0 Å². The fourth-order valence-electron chi connectivity index (χ4n) is 1.94. The van der Waals surface area contributed by atoms with Crippen LogP contribution in [-0.2, 0) is 6.42 Å². The summed E-state index contributed by atoms with van der Waals surface area (Å²) in [6.45, 7) is 3.87. The SMILES string of the molecule is Cc1cc(C(Cl)Cc2cccc(Cl)c2)c(C)o1. The number of hydrogen-bond acceptors (Lipinski definition) is 1. The van der Waals surface area contributed by atoms with Crippen LogP contribution in [0.4, 0.5) is 0 Å². The van der Waals surface area contributed by atoms with Crippen molar-refractivity contribution in [3.8, 4) is 0 Å². The van der Waals surface area contributed by atoms with Crippen LogP contribution in [0, 0.1) is 13.8 Å². The highest BCUT2D eigenvalue weighted by molar-refractivity contribution is 6.30. The predicted octanol–water partition coefficient (Wildman–Crippen LogP) is 5.07. The van der Waals surface area contributed by atoms with Crippen LogP contribution in [0.2, 0.25) is 5.02 Å². The summed E-state index contributed by atoms with van der Waals surface area (Å²) in [5.41, 5.74) is 2.19. The fourth-order valence-corrected chi connectivity index (χ4v) is 2.55. The van der Waals surface area contributed by atoms with Crippen LogP contribution in [0.3, 0.4) is 0 Å². The summed E-state index contributed by atoms with van der Waals surface area (Å²) in [7, 11) is 0. The molecule has 0 amide bonds. The third-order valence-corrected chi connectivity index (χ3v) is 3.35. The molecule has 90 valence electrons. The number of furan rings is 1. The Morgan fingerprint density at radius 2 is 2.00 bits per heavy atom. The molecule has 0 N–H and O–H groups in total. The summed E-state index contributed by atoms with van der Waals surface area (Å²) < 4.78 is 5.49. The smallest absolute Gasteiger partial charge is 0.105 e. The monoisotopic (exact) mass is 268 g/mol. The number of benzene rings is 1. The molecule has 1 heterocycles. The first-order chi connectivity index (χ1) is 8.06. The molecule has 1 aromatic heterocycles. The Morgan fingerprint density at radius 3 is 2.59 bits per heavy atom. The Balaban J connectivity index is 2.16. The van der Waals surface area contributed by atoms with Crippen molar-refractivity contribution >= 4 is 23.2 Å². The van der Waals surface area contributed by atoms with Gasteiger partial charge in [-0.15, -0.1) is 11.6 Å². The van der Waals surface area contributed by atoms with Crippen LogP contribution in [0.5, 0.6) is 0 Å². The van der Waals surface area contributed by atoms with Crippen molar-refractivity contribution in [3.05, 3.63) is 58.0 Å². The number of alkyl halides is 1. The minimum absolute atomic E-state index is 0.0779. The molecule has 0 bridgehead atoms. The highest BCUT2D eigenvalue weighted by Gasteiger charge is 2.15. The Hall–Kier alpha value is -0.920. The van der Waals surface area contributed by atoms with Gasteiger partial charge in [-0.2, -0.15) is 0 Å². The minimum atomic E-state index is -0.0779. The van der Waals surface area contributed by atoms with Crippen LogP contribution in [0.25, 0.3) is 0 Å². The lowest BCUT2D eigenvalue weighted by molar-refractivity contribution is 0.500. The zero-order chi connectivity index (χ0) is 12.4. The Morgan fingerprint density at radius 1 is 1.24 bits per heavy atom. The average Bonchev–Trinajstić information content (AvgIpc) is 2.58. The van der Waals surface area contributed by atoms with E-state index >= 15 is 0 Å². The third kappa shape index (κ3) is 3.05. The van der Waals surface area contributed by atoms with Crippen LogP contribution < -0.4 is 0 Å². The molecule has 0 saturated carbocycles. The summed E-state index contributed by atoms with van der Waals surface area (Å²) in [6.07, 6.45) is 0.752. The molecule has 0 fully saturated rings. The summed E-state index contributed by atoms with van der Waals surface area (Å²) in [4.78, 5) is 0. The third-order valence-electron chi connectivity index (χ3n) is 2.72. The van der Waals surface area contributed by atoms with Gasteiger partial charge < -0.3 is 4.42 Å². The van der Waals surface area contributed by atoms with Gasteiger partial charge in [-0.3, -0.25) is 0 Å². The molecular formula is C14H14Cl2O. The number of halogens is 2. The maximum atomic E-state index is 6.41. The topological polar surface area (TPSA) is 13.1 Å². The second-order valence-corrected chi connectivity index (χ2v) is 5.13. The molecule has 1 aromatic carbocycles. The molecule has 0 aliphatic heterocycles. The van der Waals surface area contributed by atoms with Crippen molar-refractivity contribution in [2.75, 3.05) is 0 Å². The van der Waals surface area contributed by atoms with Crippen molar-refractivity contribution in [1.29, 1.82) is 0 Å². The van der Waals surface area contributed by atoms with Gasteiger partial charge in [0.2, 0.25) is 0 Å². The molecule has 2 rings (SSSR count). The van der Waals surface area contributed by atoms with Gasteiger partial charge in [-0.05, 0) is 44.0 Å². The van der Waals surface area contributed by atoms with E-state index in [0.717, 1.165) is 34.1 Å². The Bertz CT molecular complexity index is 517. The van der Waals surface area contributed by atoms with Gasteiger partial charge in [-0.25, -0.2) is 0 Å². The van der Waals surface area contributed by atoms with E-state index in [9.17, 15) is 0 Å². The van der Waals surface area contributed by atoms with Crippen molar-refractivity contribution < 1.29 is 4.42 Å². The lowest BCUT2D eigenvalue weighted by Gasteiger charge is -2.08. The standard InChI is InChI=1S/C14H14Cl2O/c1-9-6-13(10(2)17-9)14(16)8-11-4-3-5-12(15)7-11/h3-7,14H,8H2,1-2H3. The first kappa shape index (κ1) is 12.5. The summed E-state index contributed by atoms with van der Waals surface area (Å²) >= 11 is 12.4. The molecule has 2 aromatic rings. The minimum Gasteiger partial charge on any atom is -0.466 e. The molecule has 0 aliphatic carbocycles. The van der Waals surface area contributed by atoms with Gasteiger partial charge in [0.1, 0.15) is 11.5 Å². The maximum absolute atomic E-state index is 6.41. The predicted molar refractivity (Wildman–Crippen MR) is 71.9 cm³/mol. The zero-order valence-electron chi connectivity index (χ0n) is 9.84. The number of hydrogen-bond donors (Lipinski definition) is 0.